The fourth-order valence-electron chi connectivity index (χ4n) is 6.28. The molecular formula is C23H28N2O2. The van der Waals surface area contributed by atoms with E-state index in [4.69, 9.17) is 0 Å². The fourth-order valence-corrected chi connectivity index (χ4v) is 6.28. The molecule has 0 bridgehead atoms. The zero-order valence-electron chi connectivity index (χ0n) is 16.1. The summed E-state index contributed by atoms with van der Waals surface area (Å²) in [5.41, 5.74) is 4.96. The zero-order chi connectivity index (χ0) is 18.8. The molecule has 0 unspecified atom stereocenters. The number of aromatic hydroxyl groups is 1. The number of rotatable bonds is 1. The standard InChI is InChI=1S/C23H28N2O2/c1-23-9-7-19-18-6-4-17(26)12-14(18)3-5-20(19)21(23)13-15(22(23)27)11-16-8-10-24-25(16)2/h4,6,8,10-12,19-22,26-27H,3,5,7,9,13H2,1-2H3/b15-11+/t19-,20+,21+,22-,23+/m0/s1. The number of fused-ring (bicyclic) bond motifs is 5. The minimum Gasteiger partial charge on any atom is -0.508 e. The minimum atomic E-state index is -0.362. The highest BCUT2D eigenvalue weighted by molar-refractivity contribution is 5.52. The molecule has 0 saturated heterocycles. The lowest BCUT2D eigenvalue weighted by Crippen LogP contribution is -2.44. The molecule has 5 atom stereocenters. The summed E-state index contributed by atoms with van der Waals surface area (Å²) < 4.78 is 1.87. The molecule has 5 rings (SSSR count). The maximum absolute atomic E-state index is 11.2. The molecule has 3 aliphatic carbocycles. The van der Waals surface area contributed by atoms with Crippen molar-refractivity contribution in [2.45, 2.75) is 51.0 Å². The molecule has 1 aromatic carbocycles. The van der Waals surface area contributed by atoms with E-state index in [1.54, 1.807) is 0 Å². The van der Waals surface area contributed by atoms with Crippen LogP contribution in [0.3, 0.4) is 0 Å². The van der Waals surface area contributed by atoms with Crippen molar-refractivity contribution in [1.82, 2.24) is 9.78 Å². The van der Waals surface area contributed by atoms with Gasteiger partial charge in [-0.15, -0.1) is 0 Å². The van der Waals surface area contributed by atoms with E-state index in [0.29, 0.717) is 23.5 Å². The van der Waals surface area contributed by atoms with Crippen molar-refractivity contribution in [3.8, 4) is 5.75 Å². The Morgan fingerprint density at radius 1 is 1.26 bits per heavy atom. The highest BCUT2D eigenvalue weighted by atomic mass is 16.3. The maximum Gasteiger partial charge on any atom is 0.115 e. The summed E-state index contributed by atoms with van der Waals surface area (Å²) in [6.45, 7) is 2.30. The van der Waals surface area contributed by atoms with Gasteiger partial charge in [0.25, 0.3) is 0 Å². The Balaban J connectivity index is 1.50. The topological polar surface area (TPSA) is 58.3 Å². The van der Waals surface area contributed by atoms with Crippen molar-refractivity contribution in [2.75, 3.05) is 0 Å². The van der Waals surface area contributed by atoms with Crippen molar-refractivity contribution in [3.63, 3.8) is 0 Å². The van der Waals surface area contributed by atoms with Gasteiger partial charge < -0.3 is 10.2 Å². The van der Waals surface area contributed by atoms with Crippen LogP contribution in [0, 0.1) is 17.3 Å². The molecule has 0 radical (unpaired) electrons. The third-order valence-corrected chi connectivity index (χ3v) is 7.77. The van der Waals surface area contributed by atoms with Crippen LogP contribution in [0.2, 0.25) is 0 Å². The third kappa shape index (κ3) is 2.49. The first kappa shape index (κ1) is 17.1. The average Bonchev–Trinajstić information content (AvgIpc) is 3.17. The van der Waals surface area contributed by atoms with Crippen LogP contribution < -0.4 is 0 Å². The molecule has 0 spiro atoms. The van der Waals surface area contributed by atoms with Crippen LogP contribution in [0.1, 0.15) is 55.3 Å². The van der Waals surface area contributed by atoms with Crippen LogP contribution in [-0.2, 0) is 13.5 Å². The summed E-state index contributed by atoms with van der Waals surface area (Å²) in [6.07, 6.45) is 8.98. The molecule has 1 heterocycles. The van der Waals surface area contributed by atoms with Crippen molar-refractivity contribution >= 4 is 6.08 Å². The molecule has 142 valence electrons. The van der Waals surface area contributed by atoms with Gasteiger partial charge in [0.2, 0.25) is 0 Å². The number of aliphatic hydroxyl groups is 1. The van der Waals surface area contributed by atoms with Crippen LogP contribution >= 0.6 is 0 Å². The lowest BCUT2D eigenvalue weighted by Gasteiger charge is -2.49. The van der Waals surface area contributed by atoms with Gasteiger partial charge in [-0.05, 0) is 90.8 Å². The van der Waals surface area contributed by atoms with Crippen LogP contribution in [0.4, 0.5) is 0 Å². The van der Waals surface area contributed by atoms with E-state index in [9.17, 15) is 10.2 Å². The van der Waals surface area contributed by atoms with Gasteiger partial charge in [-0.2, -0.15) is 5.10 Å². The molecule has 0 aliphatic heterocycles. The molecule has 27 heavy (non-hydrogen) atoms. The second kappa shape index (κ2) is 5.96. The second-order valence-corrected chi connectivity index (χ2v) is 9.05. The summed E-state index contributed by atoms with van der Waals surface area (Å²) in [5, 5.41) is 25.3. The number of hydrogen-bond acceptors (Lipinski definition) is 3. The third-order valence-electron chi connectivity index (χ3n) is 7.77. The van der Waals surface area contributed by atoms with Crippen molar-refractivity contribution in [1.29, 1.82) is 0 Å². The van der Waals surface area contributed by atoms with Gasteiger partial charge in [0.05, 0.1) is 11.8 Å². The second-order valence-electron chi connectivity index (χ2n) is 9.05. The van der Waals surface area contributed by atoms with E-state index < -0.39 is 0 Å². The molecule has 2 saturated carbocycles. The molecular weight excluding hydrogens is 336 g/mol. The van der Waals surface area contributed by atoms with Gasteiger partial charge in [-0.1, -0.05) is 13.0 Å². The van der Waals surface area contributed by atoms with Crippen LogP contribution in [0.5, 0.6) is 5.75 Å². The van der Waals surface area contributed by atoms with Crippen molar-refractivity contribution in [2.24, 2.45) is 24.3 Å². The molecule has 3 aliphatic rings. The number of phenolic OH excluding ortho intramolecular Hbond substituents is 1. The molecule has 2 N–H and O–H groups in total. The van der Waals surface area contributed by atoms with Crippen molar-refractivity contribution < 1.29 is 10.2 Å². The fraction of sp³-hybridized carbons (Fsp3) is 0.522. The molecule has 0 amide bonds. The van der Waals surface area contributed by atoms with Crippen molar-refractivity contribution in [3.05, 3.63) is 52.9 Å². The minimum absolute atomic E-state index is 0.0278. The van der Waals surface area contributed by atoms with E-state index in [1.165, 1.54) is 16.7 Å². The van der Waals surface area contributed by atoms with E-state index in [2.05, 4.69) is 24.2 Å². The summed E-state index contributed by atoms with van der Waals surface area (Å²) in [5.74, 6) is 2.08. The lowest BCUT2D eigenvalue weighted by molar-refractivity contribution is -0.0158. The van der Waals surface area contributed by atoms with E-state index in [1.807, 2.05) is 36.1 Å². The Bertz CT molecular complexity index is 915. The van der Waals surface area contributed by atoms with Crippen LogP contribution in [-0.4, -0.2) is 26.1 Å². The molecule has 4 heteroatoms. The lowest BCUT2D eigenvalue weighted by atomic mass is 9.55. The predicted octanol–water partition coefficient (Wildman–Crippen LogP) is 4.04. The number of benzene rings is 1. The highest BCUT2D eigenvalue weighted by Crippen LogP contribution is 2.62. The first-order valence-corrected chi connectivity index (χ1v) is 10.2. The van der Waals surface area contributed by atoms with E-state index in [-0.39, 0.29) is 11.5 Å². The molecule has 2 fully saturated rings. The van der Waals surface area contributed by atoms with Gasteiger partial charge in [0, 0.05) is 18.7 Å². The summed E-state index contributed by atoms with van der Waals surface area (Å²) in [7, 11) is 1.95. The maximum atomic E-state index is 11.2. The summed E-state index contributed by atoms with van der Waals surface area (Å²) in [6, 6.07) is 7.95. The number of hydrogen-bond donors (Lipinski definition) is 2. The average molecular weight is 364 g/mol. The summed E-state index contributed by atoms with van der Waals surface area (Å²) >= 11 is 0. The monoisotopic (exact) mass is 364 g/mol. The predicted molar refractivity (Wildman–Crippen MR) is 105 cm³/mol. The Kier molecular flexibility index (Phi) is 3.77. The van der Waals surface area contributed by atoms with Gasteiger partial charge in [0.1, 0.15) is 5.75 Å². The highest BCUT2D eigenvalue weighted by Gasteiger charge is 2.56. The number of aliphatic hydroxyl groups excluding tert-OH is 1. The van der Waals surface area contributed by atoms with Gasteiger partial charge in [0.15, 0.2) is 0 Å². The van der Waals surface area contributed by atoms with E-state index in [0.717, 1.165) is 37.8 Å². The van der Waals surface area contributed by atoms with Gasteiger partial charge in [-0.25, -0.2) is 0 Å². The number of phenols is 1. The smallest absolute Gasteiger partial charge is 0.115 e. The Morgan fingerprint density at radius 2 is 2.11 bits per heavy atom. The Hall–Kier alpha value is -2.07. The normalized spacial score (nSPS) is 36.3. The number of aryl methyl sites for hydroxylation is 2. The summed E-state index contributed by atoms with van der Waals surface area (Å²) in [4.78, 5) is 0. The number of aromatic nitrogens is 2. The quantitative estimate of drug-likeness (QED) is 0.803. The van der Waals surface area contributed by atoms with Crippen LogP contribution in [0.15, 0.2) is 36.0 Å². The Labute approximate surface area is 160 Å². The first-order chi connectivity index (χ1) is 13.0. The molecule has 4 nitrogen and oxygen atoms in total. The largest absolute Gasteiger partial charge is 0.508 e. The Morgan fingerprint density at radius 3 is 2.89 bits per heavy atom. The first-order valence-electron chi connectivity index (χ1n) is 10.2. The molecule has 1 aromatic heterocycles. The van der Waals surface area contributed by atoms with Gasteiger partial charge >= 0.3 is 0 Å². The van der Waals surface area contributed by atoms with E-state index >= 15 is 0 Å². The van der Waals surface area contributed by atoms with Crippen LogP contribution in [0.25, 0.3) is 6.08 Å². The van der Waals surface area contributed by atoms with Gasteiger partial charge in [-0.3, -0.25) is 4.68 Å². The number of nitrogens with zero attached hydrogens (tertiary/aromatic N) is 2. The SMILES string of the molecule is Cn1nccc1/C=C1\C[C@@H]2[C@@H]3CCc4cc(O)ccc4[C@@H]3CC[C@@]2(C)[C@H]1O. The molecule has 2 aromatic rings. The zero-order valence-corrected chi connectivity index (χ0v) is 16.1.